The third-order valence-electron chi connectivity index (χ3n) is 5.20. The number of hydrogen-bond acceptors (Lipinski definition) is 4. The predicted octanol–water partition coefficient (Wildman–Crippen LogP) is 2.12. The highest BCUT2D eigenvalue weighted by Crippen LogP contribution is 2.43. The number of nitrogens with zero attached hydrogens (tertiary/aromatic N) is 2. The van der Waals surface area contributed by atoms with Crippen LogP contribution in [0.3, 0.4) is 0 Å². The van der Waals surface area contributed by atoms with Gasteiger partial charge in [-0.05, 0) is 38.0 Å². The lowest BCUT2D eigenvalue weighted by atomic mass is 9.66. The van der Waals surface area contributed by atoms with Gasteiger partial charge >= 0.3 is 0 Å². The lowest BCUT2D eigenvalue weighted by Crippen LogP contribution is -2.43. The van der Waals surface area contributed by atoms with Crippen molar-refractivity contribution in [2.75, 3.05) is 13.7 Å². The molecule has 0 spiro atoms. The summed E-state index contributed by atoms with van der Waals surface area (Å²) >= 11 is 1.52. The number of aryl methyl sites for hydroxylation is 1. The molecule has 5 nitrogen and oxygen atoms in total. The normalized spacial score (nSPS) is 31.3. The fourth-order valence-electron chi connectivity index (χ4n) is 4.05. The Hall–Kier alpha value is -0.980. The van der Waals surface area contributed by atoms with E-state index in [0.717, 1.165) is 24.1 Å². The quantitative estimate of drug-likeness (QED) is 0.914. The van der Waals surface area contributed by atoms with E-state index >= 15 is 0 Å². The van der Waals surface area contributed by atoms with Gasteiger partial charge in [-0.15, -0.1) is 11.3 Å². The molecular weight excluding hydrogens is 312 g/mol. The lowest BCUT2D eigenvalue weighted by molar-refractivity contribution is -0.131. The van der Waals surface area contributed by atoms with E-state index in [1.807, 2.05) is 17.7 Å². The maximum Gasteiger partial charge on any atom is 0.254 e. The summed E-state index contributed by atoms with van der Waals surface area (Å²) in [6.45, 7) is 3.29. The van der Waals surface area contributed by atoms with Gasteiger partial charge in [0, 0.05) is 24.7 Å². The van der Waals surface area contributed by atoms with Gasteiger partial charge in [-0.2, -0.15) is 4.99 Å². The Balaban J connectivity index is 1.80. The standard InChI is InChI=1S/C17H26N2O3S/c1-11-10-19(6-7-22-2)17(23-11)18-16(21)14-9-12-4-3-5-13(8-12)15(14)20/h10,12-15,20H,3-9H2,1-2H3. The second-order valence-electron chi connectivity index (χ2n) is 6.89. The number of carbonyl (C=O) groups is 1. The van der Waals surface area contributed by atoms with Gasteiger partial charge in [0.25, 0.3) is 5.91 Å². The second-order valence-corrected chi connectivity index (χ2v) is 8.10. The molecule has 23 heavy (non-hydrogen) atoms. The first kappa shape index (κ1) is 16.9. The lowest BCUT2D eigenvalue weighted by Gasteiger charge is -2.41. The van der Waals surface area contributed by atoms with Gasteiger partial charge in [0.15, 0.2) is 4.80 Å². The van der Waals surface area contributed by atoms with Crippen LogP contribution in [0.2, 0.25) is 0 Å². The molecule has 1 N–H and O–H groups in total. The van der Waals surface area contributed by atoms with Gasteiger partial charge < -0.3 is 14.4 Å². The third kappa shape index (κ3) is 3.75. The van der Waals surface area contributed by atoms with E-state index < -0.39 is 6.10 Å². The average molecular weight is 338 g/mol. The zero-order chi connectivity index (χ0) is 16.4. The van der Waals surface area contributed by atoms with Gasteiger partial charge in [-0.1, -0.05) is 12.8 Å². The highest BCUT2D eigenvalue weighted by atomic mass is 32.1. The first-order valence-corrected chi connectivity index (χ1v) is 9.32. The number of carbonyl (C=O) groups excluding carboxylic acids is 1. The number of amides is 1. The number of rotatable bonds is 4. The van der Waals surface area contributed by atoms with Crippen LogP contribution in [0, 0.1) is 24.7 Å². The largest absolute Gasteiger partial charge is 0.392 e. The smallest absolute Gasteiger partial charge is 0.254 e. The van der Waals surface area contributed by atoms with Crippen LogP contribution >= 0.6 is 11.3 Å². The third-order valence-corrected chi connectivity index (χ3v) is 6.14. The van der Waals surface area contributed by atoms with E-state index in [1.165, 1.54) is 24.2 Å². The molecule has 1 aromatic heterocycles. The number of ether oxygens (including phenoxy) is 1. The summed E-state index contributed by atoms with van der Waals surface area (Å²) in [5.74, 6) is 0.406. The van der Waals surface area contributed by atoms with E-state index in [1.54, 1.807) is 7.11 Å². The number of fused-ring (bicyclic) bond motifs is 2. The molecule has 2 aliphatic carbocycles. The molecule has 0 aromatic carbocycles. The number of thiazole rings is 1. The van der Waals surface area contributed by atoms with Crippen LogP contribution in [0.1, 0.15) is 37.0 Å². The molecule has 6 heteroatoms. The first-order valence-electron chi connectivity index (χ1n) is 8.51. The fraction of sp³-hybridized carbons (Fsp3) is 0.765. The Morgan fingerprint density at radius 2 is 2.30 bits per heavy atom. The summed E-state index contributed by atoms with van der Waals surface area (Å²) in [5.41, 5.74) is 0. The molecule has 2 aliphatic rings. The summed E-state index contributed by atoms with van der Waals surface area (Å²) < 4.78 is 7.09. The number of hydrogen-bond donors (Lipinski definition) is 1. The van der Waals surface area contributed by atoms with Crippen LogP contribution in [0.4, 0.5) is 0 Å². The van der Waals surface area contributed by atoms with Crippen molar-refractivity contribution in [3.05, 3.63) is 15.9 Å². The van der Waals surface area contributed by atoms with E-state index in [9.17, 15) is 9.90 Å². The van der Waals surface area contributed by atoms with Crippen LogP contribution in [0.15, 0.2) is 11.2 Å². The van der Waals surface area contributed by atoms with Gasteiger partial charge in [0.2, 0.25) is 0 Å². The average Bonchev–Trinajstić information content (AvgIpc) is 2.88. The Bertz CT molecular complexity index is 622. The Morgan fingerprint density at radius 3 is 3.09 bits per heavy atom. The molecule has 4 atom stereocenters. The first-order chi connectivity index (χ1) is 11.1. The SMILES string of the molecule is COCCn1cc(C)sc1=NC(=O)C1CC2CCCC(C2)C1O. The molecule has 0 saturated heterocycles. The monoisotopic (exact) mass is 338 g/mol. The molecule has 1 amide bonds. The van der Waals surface area contributed by atoms with Crippen molar-refractivity contribution in [3.63, 3.8) is 0 Å². The maximum absolute atomic E-state index is 12.7. The fourth-order valence-corrected chi connectivity index (χ4v) is 4.91. The van der Waals surface area contributed by atoms with Crippen molar-refractivity contribution in [2.24, 2.45) is 22.7 Å². The molecule has 128 valence electrons. The van der Waals surface area contributed by atoms with Crippen LogP contribution < -0.4 is 4.80 Å². The molecule has 1 aromatic rings. The number of aliphatic hydroxyl groups is 1. The van der Waals surface area contributed by atoms with Crippen molar-refractivity contribution in [1.82, 2.24) is 4.57 Å². The van der Waals surface area contributed by atoms with Gasteiger partial charge in [0.05, 0.1) is 18.6 Å². The van der Waals surface area contributed by atoms with Crippen molar-refractivity contribution >= 4 is 17.2 Å². The van der Waals surface area contributed by atoms with Crippen molar-refractivity contribution < 1.29 is 14.6 Å². The molecule has 4 unspecified atom stereocenters. The molecular formula is C17H26N2O3S. The Morgan fingerprint density at radius 1 is 1.48 bits per heavy atom. The second kappa shape index (κ2) is 7.28. The minimum atomic E-state index is -0.517. The van der Waals surface area contributed by atoms with Crippen molar-refractivity contribution in [3.8, 4) is 0 Å². The molecule has 1 heterocycles. The van der Waals surface area contributed by atoms with E-state index in [-0.39, 0.29) is 17.7 Å². The van der Waals surface area contributed by atoms with Gasteiger partial charge in [0.1, 0.15) is 0 Å². The summed E-state index contributed by atoms with van der Waals surface area (Å²) in [6, 6.07) is 0. The predicted molar refractivity (Wildman–Crippen MR) is 89.1 cm³/mol. The van der Waals surface area contributed by atoms with Crippen molar-refractivity contribution in [1.29, 1.82) is 0 Å². The van der Waals surface area contributed by atoms with Gasteiger partial charge in [-0.25, -0.2) is 0 Å². The van der Waals surface area contributed by atoms with Crippen molar-refractivity contribution in [2.45, 2.75) is 51.7 Å². The summed E-state index contributed by atoms with van der Waals surface area (Å²) in [4.78, 5) is 18.9. The Kier molecular flexibility index (Phi) is 5.34. The summed E-state index contributed by atoms with van der Waals surface area (Å²) in [5, 5.41) is 10.5. The van der Waals surface area contributed by atoms with Crippen LogP contribution in [0.5, 0.6) is 0 Å². The van der Waals surface area contributed by atoms with Crippen LogP contribution in [-0.2, 0) is 16.1 Å². The van der Waals surface area contributed by atoms with Gasteiger partial charge in [-0.3, -0.25) is 4.79 Å². The molecule has 3 rings (SSSR count). The summed E-state index contributed by atoms with van der Waals surface area (Å²) in [6.07, 6.45) is 6.79. The Labute approximate surface area is 141 Å². The number of aromatic nitrogens is 1. The zero-order valence-corrected chi connectivity index (χ0v) is 14.7. The van der Waals surface area contributed by atoms with E-state index in [2.05, 4.69) is 4.99 Å². The molecule has 2 bridgehead atoms. The highest BCUT2D eigenvalue weighted by molar-refractivity contribution is 7.09. The molecule has 2 saturated carbocycles. The number of methoxy groups -OCH3 is 1. The molecule has 0 aliphatic heterocycles. The minimum absolute atomic E-state index is 0.151. The molecule has 2 fully saturated rings. The minimum Gasteiger partial charge on any atom is -0.392 e. The zero-order valence-electron chi connectivity index (χ0n) is 13.9. The highest BCUT2D eigenvalue weighted by Gasteiger charge is 2.42. The van der Waals surface area contributed by atoms with E-state index in [0.29, 0.717) is 23.9 Å². The van der Waals surface area contributed by atoms with Crippen LogP contribution in [0.25, 0.3) is 0 Å². The number of aliphatic hydroxyl groups excluding tert-OH is 1. The topological polar surface area (TPSA) is 63.8 Å². The maximum atomic E-state index is 12.7. The van der Waals surface area contributed by atoms with E-state index in [4.69, 9.17) is 4.74 Å². The summed E-state index contributed by atoms with van der Waals surface area (Å²) in [7, 11) is 1.67. The van der Waals surface area contributed by atoms with Crippen LogP contribution in [-0.4, -0.2) is 35.4 Å². The molecule has 0 radical (unpaired) electrons.